The first-order valence-corrected chi connectivity index (χ1v) is 10.5. The predicted octanol–water partition coefficient (Wildman–Crippen LogP) is 3.63. The molecule has 2 aromatic heterocycles. The minimum atomic E-state index is 0.631. The first-order valence-electron chi connectivity index (χ1n) is 10.5. The molecule has 146 valence electrons. The average Bonchev–Trinajstić information content (AvgIpc) is 3.51. The van der Waals surface area contributed by atoms with E-state index in [1.54, 1.807) is 0 Å². The first-order chi connectivity index (χ1) is 13.9. The van der Waals surface area contributed by atoms with Gasteiger partial charge in [-0.3, -0.25) is 0 Å². The highest BCUT2D eigenvalue weighted by molar-refractivity contribution is 5.61. The molecule has 0 bridgehead atoms. The lowest BCUT2D eigenvalue weighted by Gasteiger charge is -2.23. The van der Waals surface area contributed by atoms with Crippen LogP contribution in [0.4, 0.5) is 11.6 Å². The number of hydrogen-bond acceptors (Lipinski definition) is 5. The van der Waals surface area contributed by atoms with Crippen LogP contribution in [0.5, 0.6) is 0 Å². The molecule has 1 aliphatic heterocycles. The number of rotatable bonds is 7. The fraction of sp³-hybridized carbons (Fsp3) is 0.455. The summed E-state index contributed by atoms with van der Waals surface area (Å²) in [6.07, 6.45) is 6.97. The van der Waals surface area contributed by atoms with Gasteiger partial charge in [-0.25, -0.2) is 4.98 Å². The van der Waals surface area contributed by atoms with Gasteiger partial charge in [0.1, 0.15) is 11.6 Å². The molecule has 5 rings (SSSR count). The molecule has 0 spiro atoms. The molecule has 6 heteroatoms. The second-order valence-electron chi connectivity index (χ2n) is 8.05. The SMILES string of the molecule is c1ccc(CNc2cc(NCC3CCNCC3)nc3c(C4CC4)cnn23)cc1. The van der Waals surface area contributed by atoms with E-state index in [1.165, 1.54) is 36.8 Å². The molecule has 3 heterocycles. The molecular formula is C22H28N6. The van der Waals surface area contributed by atoms with Crippen molar-refractivity contribution in [3.8, 4) is 0 Å². The molecule has 6 nitrogen and oxygen atoms in total. The third kappa shape index (κ3) is 3.83. The van der Waals surface area contributed by atoms with Gasteiger partial charge in [0.05, 0.1) is 6.20 Å². The zero-order valence-electron chi connectivity index (χ0n) is 16.2. The van der Waals surface area contributed by atoms with Gasteiger partial charge >= 0.3 is 0 Å². The topological polar surface area (TPSA) is 66.3 Å². The maximum atomic E-state index is 4.93. The van der Waals surface area contributed by atoms with E-state index < -0.39 is 0 Å². The van der Waals surface area contributed by atoms with Crippen LogP contribution in [0.2, 0.25) is 0 Å². The molecule has 1 saturated carbocycles. The molecule has 1 aromatic carbocycles. The normalized spacial score (nSPS) is 17.7. The Hall–Kier alpha value is -2.60. The minimum absolute atomic E-state index is 0.631. The number of fused-ring (bicyclic) bond motifs is 1. The molecule has 1 aliphatic carbocycles. The Balaban J connectivity index is 1.39. The first kappa shape index (κ1) is 17.5. The summed E-state index contributed by atoms with van der Waals surface area (Å²) in [4.78, 5) is 4.93. The Labute approximate surface area is 165 Å². The minimum Gasteiger partial charge on any atom is -0.370 e. The van der Waals surface area contributed by atoms with Gasteiger partial charge in [0.25, 0.3) is 0 Å². The van der Waals surface area contributed by atoms with Crippen molar-refractivity contribution in [2.45, 2.75) is 38.1 Å². The Kier molecular flexibility index (Phi) is 4.87. The second-order valence-corrected chi connectivity index (χ2v) is 8.05. The monoisotopic (exact) mass is 376 g/mol. The van der Waals surface area contributed by atoms with Gasteiger partial charge in [-0.05, 0) is 56.2 Å². The van der Waals surface area contributed by atoms with Gasteiger partial charge in [-0.1, -0.05) is 30.3 Å². The molecule has 3 aromatic rings. The zero-order valence-corrected chi connectivity index (χ0v) is 16.2. The lowest BCUT2D eigenvalue weighted by Crippen LogP contribution is -2.31. The molecule has 0 atom stereocenters. The quantitative estimate of drug-likeness (QED) is 0.588. The van der Waals surface area contributed by atoms with E-state index in [0.29, 0.717) is 11.8 Å². The summed E-state index contributed by atoms with van der Waals surface area (Å²) in [5.41, 5.74) is 3.54. The van der Waals surface area contributed by atoms with Gasteiger partial charge < -0.3 is 16.0 Å². The van der Waals surface area contributed by atoms with E-state index in [2.05, 4.69) is 51.4 Å². The summed E-state index contributed by atoms with van der Waals surface area (Å²) in [7, 11) is 0. The van der Waals surface area contributed by atoms with E-state index >= 15 is 0 Å². The van der Waals surface area contributed by atoms with Gasteiger partial charge in [0, 0.05) is 24.7 Å². The molecule has 0 radical (unpaired) electrons. The van der Waals surface area contributed by atoms with Crippen molar-refractivity contribution in [2.24, 2.45) is 5.92 Å². The smallest absolute Gasteiger partial charge is 0.163 e. The standard InChI is InChI=1S/C22H28N6/c1-2-4-16(5-3-1)14-25-21-12-20(24-13-17-8-10-23-11-9-17)27-22-19(18-6-7-18)15-26-28(21)22/h1-5,12,15,17-18,23,25H,6-11,13-14H2,(H,24,27). The third-order valence-corrected chi connectivity index (χ3v) is 5.86. The molecule has 0 unspecified atom stereocenters. The van der Waals surface area contributed by atoms with Crippen molar-refractivity contribution in [1.29, 1.82) is 0 Å². The van der Waals surface area contributed by atoms with Gasteiger partial charge in [0.15, 0.2) is 5.65 Å². The van der Waals surface area contributed by atoms with Gasteiger partial charge in [-0.2, -0.15) is 9.61 Å². The van der Waals surface area contributed by atoms with E-state index in [1.807, 2.05) is 16.8 Å². The highest BCUT2D eigenvalue weighted by Gasteiger charge is 2.28. The highest BCUT2D eigenvalue weighted by atomic mass is 15.3. The Morgan fingerprint density at radius 1 is 1.04 bits per heavy atom. The zero-order chi connectivity index (χ0) is 18.8. The van der Waals surface area contributed by atoms with Crippen molar-refractivity contribution in [3.63, 3.8) is 0 Å². The maximum Gasteiger partial charge on any atom is 0.163 e. The van der Waals surface area contributed by atoms with Crippen molar-refractivity contribution in [2.75, 3.05) is 30.3 Å². The number of hydrogen-bond donors (Lipinski definition) is 3. The van der Waals surface area contributed by atoms with E-state index in [-0.39, 0.29) is 0 Å². The predicted molar refractivity (Wildman–Crippen MR) is 113 cm³/mol. The van der Waals surface area contributed by atoms with Crippen LogP contribution in [-0.4, -0.2) is 34.2 Å². The largest absolute Gasteiger partial charge is 0.370 e. The molecular weight excluding hydrogens is 348 g/mol. The van der Waals surface area contributed by atoms with Crippen LogP contribution in [0.25, 0.3) is 5.65 Å². The summed E-state index contributed by atoms with van der Waals surface area (Å²) in [6.45, 7) is 4.00. The molecule has 0 amide bonds. The van der Waals surface area contributed by atoms with Gasteiger partial charge in [-0.15, -0.1) is 0 Å². The number of piperidine rings is 1. The van der Waals surface area contributed by atoms with Crippen LogP contribution >= 0.6 is 0 Å². The molecule has 1 saturated heterocycles. The van der Waals surface area contributed by atoms with E-state index in [0.717, 1.165) is 43.5 Å². The average molecular weight is 377 g/mol. The Morgan fingerprint density at radius 2 is 1.86 bits per heavy atom. The molecule has 2 fully saturated rings. The van der Waals surface area contributed by atoms with Crippen LogP contribution < -0.4 is 16.0 Å². The third-order valence-electron chi connectivity index (χ3n) is 5.86. The highest BCUT2D eigenvalue weighted by Crippen LogP contribution is 2.42. The van der Waals surface area contributed by atoms with Crippen molar-refractivity contribution < 1.29 is 0 Å². The fourth-order valence-corrected chi connectivity index (χ4v) is 4.00. The van der Waals surface area contributed by atoms with E-state index in [4.69, 9.17) is 4.98 Å². The van der Waals surface area contributed by atoms with E-state index in [9.17, 15) is 0 Å². The number of aromatic nitrogens is 3. The lowest BCUT2D eigenvalue weighted by molar-refractivity contribution is 0.389. The van der Waals surface area contributed by atoms with Crippen LogP contribution in [0.1, 0.15) is 42.7 Å². The second kappa shape index (κ2) is 7.80. The molecule has 28 heavy (non-hydrogen) atoms. The van der Waals surface area contributed by atoms with Crippen LogP contribution in [0.3, 0.4) is 0 Å². The van der Waals surface area contributed by atoms with Crippen LogP contribution in [0, 0.1) is 5.92 Å². The van der Waals surface area contributed by atoms with Crippen molar-refractivity contribution in [3.05, 3.63) is 53.7 Å². The lowest BCUT2D eigenvalue weighted by atomic mass is 9.98. The fourth-order valence-electron chi connectivity index (χ4n) is 4.00. The molecule has 2 aliphatic rings. The summed E-state index contributed by atoms with van der Waals surface area (Å²) in [6, 6.07) is 12.6. The van der Waals surface area contributed by atoms with Crippen molar-refractivity contribution in [1.82, 2.24) is 19.9 Å². The number of anilines is 2. The summed E-state index contributed by atoms with van der Waals surface area (Å²) in [5, 5.41) is 15.2. The van der Waals surface area contributed by atoms with Crippen LogP contribution in [0.15, 0.2) is 42.6 Å². The molecule has 3 N–H and O–H groups in total. The Bertz CT molecular complexity index is 925. The van der Waals surface area contributed by atoms with Crippen LogP contribution in [-0.2, 0) is 6.54 Å². The maximum absolute atomic E-state index is 4.93. The summed E-state index contributed by atoms with van der Waals surface area (Å²) >= 11 is 0. The van der Waals surface area contributed by atoms with Crippen molar-refractivity contribution >= 4 is 17.3 Å². The summed E-state index contributed by atoms with van der Waals surface area (Å²) < 4.78 is 1.96. The summed E-state index contributed by atoms with van der Waals surface area (Å²) in [5.74, 6) is 3.29. The Morgan fingerprint density at radius 3 is 2.64 bits per heavy atom. The number of nitrogens with one attached hydrogen (secondary N) is 3. The number of benzene rings is 1. The van der Waals surface area contributed by atoms with Gasteiger partial charge in [0.2, 0.25) is 0 Å². The number of nitrogens with zero attached hydrogens (tertiary/aromatic N) is 3.